The summed E-state index contributed by atoms with van der Waals surface area (Å²) in [5.74, 6) is 0.869. The fraction of sp³-hybridized carbons (Fsp3) is 0.750. The van der Waals surface area contributed by atoms with E-state index in [9.17, 15) is 0 Å². The van der Waals surface area contributed by atoms with E-state index in [0.717, 1.165) is 5.92 Å². The van der Waals surface area contributed by atoms with E-state index in [1.807, 2.05) is 29.7 Å². The summed E-state index contributed by atoms with van der Waals surface area (Å²) >= 11 is 1.90. The van der Waals surface area contributed by atoms with Gasteiger partial charge in [-0.1, -0.05) is 13.3 Å². The minimum absolute atomic E-state index is 0.355. The Hall–Kier alpha value is -0.480. The molecule has 1 fully saturated rings. The van der Waals surface area contributed by atoms with Crippen molar-refractivity contribution in [3.8, 4) is 0 Å². The summed E-state index contributed by atoms with van der Waals surface area (Å²) in [4.78, 5) is 1.25. The van der Waals surface area contributed by atoms with Crippen LogP contribution in [0.15, 0.2) is 17.3 Å². The largest absolute Gasteiger partial charge is 0.327 e. The van der Waals surface area contributed by atoms with Crippen LogP contribution in [0.3, 0.4) is 0 Å². The zero-order valence-corrected chi connectivity index (χ0v) is 10.9. The smallest absolute Gasteiger partial charge is 0.0625 e. The lowest BCUT2D eigenvalue weighted by atomic mass is 9.84. The van der Waals surface area contributed by atoms with Crippen molar-refractivity contribution in [2.45, 2.75) is 48.8 Å². The van der Waals surface area contributed by atoms with Gasteiger partial charge in [-0.15, -0.1) is 11.8 Å². The molecule has 16 heavy (non-hydrogen) atoms. The van der Waals surface area contributed by atoms with E-state index in [-0.39, 0.29) is 0 Å². The number of rotatable bonds is 3. The molecule has 1 saturated carbocycles. The lowest BCUT2D eigenvalue weighted by Gasteiger charge is -2.33. The summed E-state index contributed by atoms with van der Waals surface area (Å²) < 4.78 is 1.86. The second-order valence-corrected chi connectivity index (χ2v) is 6.07. The maximum atomic E-state index is 6.20. The molecule has 90 valence electrons. The van der Waals surface area contributed by atoms with Crippen molar-refractivity contribution in [2.75, 3.05) is 0 Å². The fourth-order valence-electron chi connectivity index (χ4n) is 2.38. The van der Waals surface area contributed by atoms with Gasteiger partial charge in [-0.25, -0.2) is 0 Å². The van der Waals surface area contributed by atoms with E-state index >= 15 is 0 Å². The molecule has 1 aliphatic carbocycles. The molecule has 0 spiro atoms. The second-order valence-electron chi connectivity index (χ2n) is 4.76. The summed E-state index contributed by atoms with van der Waals surface area (Å²) in [5, 5.41) is 4.77. The zero-order chi connectivity index (χ0) is 11.5. The maximum Gasteiger partial charge on any atom is 0.0625 e. The highest BCUT2D eigenvalue weighted by Gasteiger charge is 2.28. The van der Waals surface area contributed by atoms with Crippen LogP contribution in [0.4, 0.5) is 0 Å². The molecule has 0 aromatic carbocycles. The highest BCUT2D eigenvalue weighted by Crippen LogP contribution is 2.36. The standard InChI is InChI=1S/C12H21N3S/c1-3-9-4-5-11(13)12(6-9)16-10-7-14-15(2)8-10/h7-9,11-12H,3-6,13H2,1-2H3. The number of nitrogens with zero attached hydrogens (tertiary/aromatic N) is 2. The number of hydrogen-bond acceptors (Lipinski definition) is 3. The Bertz CT molecular complexity index is 337. The molecule has 1 aliphatic rings. The van der Waals surface area contributed by atoms with Gasteiger partial charge in [0.2, 0.25) is 0 Å². The molecule has 0 saturated heterocycles. The van der Waals surface area contributed by atoms with Crippen molar-refractivity contribution in [2.24, 2.45) is 18.7 Å². The third-order valence-corrected chi connectivity index (χ3v) is 4.83. The summed E-state index contributed by atoms with van der Waals surface area (Å²) in [6.07, 6.45) is 9.05. The first kappa shape index (κ1) is 12.0. The number of aromatic nitrogens is 2. The van der Waals surface area contributed by atoms with Crippen LogP contribution in [-0.4, -0.2) is 21.1 Å². The van der Waals surface area contributed by atoms with Crippen molar-refractivity contribution < 1.29 is 0 Å². The van der Waals surface area contributed by atoms with Gasteiger partial charge in [-0.05, 0) is 25.2 Å². The normalized spacial score (nSPS) is 30.6. The van der Waals surface area contributed by atoms with Gasteiger partial charge >= 0.3 is 0 Å². The quantitative estimate of drug-likeness (QED) is 0.881. The van der Waals surface area contributed by atoms with E-state index < -0.39 is 0 Å². The van der Waals surface area contributed by atoms with Crippen molar-refractivity contribution in [1.29, 1.82) is 0 Å². The van der Waals surface area contributed by atoms with E-state index in [1.165, 1.54) is 30.6 Å². The molecule has 2 N–H and O–H groups in total. The third-order valence-electron chi connectivity index (χ3n) is 3.50. The number of nitrogens with two attached hydrogens (primary N) is 1. The summed E-state index contributed by atoms with van der Waals surface area (Å²) in [6, 6.07) is 0.355. The molecule has 4 heteroatoms. The van der Waals surface area contributed by atoms with Crippen molar-refractivity contribution in [3.63, 3.8) is 0 Å². The van der Waals surface area contributed by atoms with Crippen LogP contribution in [0.5, 0.6) is 0 Å². The SMILES string of the molecule is CCC1CCC(N)C(Sc2cnn(C)c2)C1. The molecular weight excluding hydrogens is 218 g/mol. The Morgan fingerprint density at radius 2 is 2.38 bits per heavy atom. The molecule has 3 atom stereocenters. The second kappa shape index (κ2) is 5.23. The molecule has 3 unspecified atom stereocenters. The van der Waals surface area contributed by atoms with Crippen LogP contribution in [0.1, 0.15) is 32.6 Å². The molecule has 0 amide bonds. The average Bonchev–Trinajstić information content (AvgIpc) is 2.67. The van der Waals surface area contributed by atoms with Crippen molar-refractivity contribution in [3.05, 3.63) is 12.4 Å². The van der Waals surface area contributed by atoms with E-state index in [4.69, 9.17) is 5.73 Å². The Morgan fingerprint density at radius 3 is 3.00 bits per heavy atom. The molecule has 1 aromatic heterocycles. The molecule has 2 rings (SSSR count). The fourth-order valence-corrected chi connectivity index (χ4v) is 3.73. The minimum Gasteiger partial charge on any atom is -0.327 e. The summed E-state index contributed by atoms with van der Waals surface area (Å²) in [7, 11) is 1.96. The molecule has 0 aliphatic heterocycles. The topological polar surface area (TPSA) is 43.8 Å². The molecule has 0 radical (unpaired) electrons. The van der Waals surface area contributed by atoms with Gasteiger partial charge in [-0.2, -0.15) is 5.10 Å². The lowest BCUT2D eigenvalue weighted by molar-refractivity contribution is 0.327. The van der Waals surface area contributed by atoms with E-state index in [2.05, 4.69) is 18.2 Å². The number of aryl methyl sites for hydroxylation is 1. The Morgan fingerprint density at radius 1 is 1.56 bits per heavy atom. The zero-order valence-electron chi connectivity index (χ0n) is 10.1. The van der Waals surface area contributed by atoms with Crippen LogP contribution in [0.25, 0.3) is 0 Å². The van der Waals surface area contributed by atoms with E-state index in [1.54, 1.807) is 0 Å². The number of thioether (sulfide) groups is 1. The van der Waals surface area contributed by atoms with Crippen LogP contribution < -0.4 is 5.73 Å². The van der Waals surface area contributed by atoms with Crippen LogP contribution in [0, 0.1) is 5.92 Å². The van der Waals surface area contributed by atoms with Gasteiger partial charge < -0.3 is 5.73 Å². The van der Waals surface area contributed by atoms with Crippen molar-refractivity contribution in [1.82, 2.24) is 9.78 Å². The van der Waals surface area contributed by atoms with Gasteiger partial charge in [0, 0.05) is 29.4 Å². The maximum absolute atomic E-state index is 6.20. The Kier molecular flexibility index (Phi) is 3.92. The summed E-state index contributed by atoms with van der Waals surface area (Å²) in [6.45, 7) is 2.29. The monoisotopic (exact) mass is 239 g/mol. The van der Waals surface area contributed by atoms with Gasteiger partial charge in [0.25, 0.3) is 0 Å². The van der Waals surface area contributed by atoms with Gasteiger partial charge in [0.05, 0.1) is 6.20 Å². The van der Waals surface area contributed by atoms with Gasteiger partial charge in [-0.3, -0.25) is 4.68 Å². The predicted molar refractivity (Wildman–Crippen MR) is 68.5 cm³/mol. The predicted octanol–water partition coefficient (Wildman–Crippen LogP) is 2.42. The first-order valence-electron chi connectivity index (χ1n) is 6.10. The van der Waals surface area contributed by atoms with Crippen LogP contribution in [0.2, 0.25) is 0 Å². The first-order chi connectivity index (χ1) is 7.69. The highest BCUT2D eigenvalue weighted by atomic mass is 32.2. The first-order valence-corrected chi connectivity index (χ1v) is 6.98. The van der Waals surface area contributed by atoms with Crippen LogP contribution in [-0.2, 0) is 7.05 Å². The molecule has 1 aromatic rings. The molecule has 1 heterocycles. The average molecular weight is 239 g/mol. The third kappa shape index (κ3) is 2.80. The van der Waals surface area contributed by atoms with Gasteiger partial charge in [0.15, 0.2) is 0 Å². The molecular formula is C12H21N3S. The van der Waals surface area contributed by atoms with Crippen molar-refractivity contribution >= 4 is 11.8 Å². The Balaban J connectivity index is 1.96. The highest BCUT2D eigenvalue weighted by molar-refractivity contribution is 8.00. The van der Waals surface area contributed by atoms with Crippen LogP contribution >= 0.6 is 11.8 Å². The lowest BCUT2D eigenvalue weighted by Crippen LogP contribution is -2.38. The van der Waals surface area contributed by atoms with Gasteiger partial charge in [0.1, 0.15) is 0 Å². The van der Waals surface area contributed by atoms with E-state index in [0.29, 0.717) is 11.3 Å². The summed E-state index contributed by atoms with van der Waals surface area (Å²) in [5.41, 5.74) is 6.20. The Labute approximate surface area is 102 Å². The molecule has 0 bridgehead atoms. The number of hydrogen-bond donors (Lipinski definition) is 1. The molecule has 3 nitrogen and oxygen atoms in total. The minimum atomic E-state index is 0.355.